The summed E-state index contributed by atoms with van der Waals surface area (Å²) in [6.45, 7) is 5.21. The molecule has 3 nitrogen and oxygen atoms in total. The minimum Gasteiger partial charge on any atom is -0.390 e. The van der Waals surface area contributed by atoms with Crippen LogP contribution < -0.4 is 0 Å². The van der Waals surface area contributed by atoms with Gasteiger partial charge in [0.1, 0.15) is 12.0 Å². The standard InChI is InChI=1S/C20H24F2O3/c1-10-6-12-13-8-15(21)14-7-11(23)4-5-19(14,3)20(13,22)16(24)9-18(12,2)17(10)25/h4-5,7,10,12-13,15-16,24H,6,8-9H2,1-3H3/t10?,12?,13?,15?,16?,18-,19-,20-/m0/s1. The highest BCUT2D eigenvalue weighted by Gasteiger charge is 2.72. The third-order valence-electron chi connectivity index (χ3n) is 7.64. The Hall–Kier alpha value is -1.36. The Morgan fingerprint density at radius 1 is 1.20 bits per heavy atom. The summed E-state index contributed by atoms with van der Waals surface area (Å²) in [7, 11) is 0. The molecule has 4 rings (SSSR count). The second-order valence-corrected chi connectivity index (χ2v) is 8.86. The van der Waals surface area contributed by atoms with E-state index in [1.807, 2.05) is 6.92 Å². The quantitative estimate of drug-likeness (QED) is 0.730. The molecular formula is C20H24F2O3. The van der Waals surface area contributed by atoms with Crippen LogP contribution in [0.5, 0.6) is 0 Å². The van der Waals surface area contributed by atoms with Crippen LogP contribution in [-0.4, -0.2) is 34.6 Å². The van der Waals surface area contributed by atoms with Crippen molar-refractivity contribution in [2.24, 2.45) is 28.6 Å². The van der Waals surface area contributed by atoms with E-state index < -0.39 is 34.7 Å². The number of fused-ring (bicyclic) bond motifs is 5. The summed E-state index contributed by atoms with van der Waals surface area (Å²) in [5.74, 6) is -1.53. The summed E-state index contributed by atoms with van der Waals surface area (Å²) in [6.07, 6.45) is 1.57. The third kappa shape index (κ3) is 1.83. The van der Waals surface area contributed by atoms with Gasteiger partial charge in [-0.3, -0.25) is 9.59 Å². The average Bonchev–Trinajstić information content (AvgIpc) is 2.76. The molecule has 4 aliphatic rings. The van der Waals surface area contributed by atoms with Crippen molar-refractivity contribution < 1.29 is 23.5 Å². The lowest BCUT2D eigenvalue weighted by atomic mass is 9.45. The van der Waals surface area contributed by atoms with Gasteiger partial charge in [-0.2, -0.15) is 0 Å². The highest BCUT2D eigenvalue weighted by molar-refractivity contribution is 6.01. The summed E-state index contributed by atoms with van der Waals surface area (Å²) in [4.78, 5) is 24.4. The summed E-state index contributed by atoms with van der Waals surface area (Å²) in [6, 6.07) is 0. The van der Waals surface area contributed by atoms with Gasteiger partial charge < -0.3 is 5.11 Å². The Labute approximate surface area is 146 Å². The first-order valence-corrected chi connectivity index (χ1v) is 9.06. The molecule has 25 heavy (non-hydrogen) atoms. The SMILES string of the molecule is CC1CC2C3CC(F)C4=CC(=O)C=C[C@]4(C)[C@@]3(F)C(O)C[C@]2(C)C1=O. The predicted octanol–water partition coefficient (Wildman–Crippen LogP) is 3.12. The molecule has 0 heterocycles. The van der Waals surface area contributed by atoms with Crippen LogP contribution in [0.1, 0.15) is 40.0 Å². The van der Waals surface area contributed by atoms with Gasteiger partial charge in [0.15, 0.2) is 11.5 Å². The van der Waals surface area contributed by atoms with E-state index in [4.69, 9.17) is 0 Å². The number of aliphatic hydroxyl groups excluding tert-OH is 1. The minimum absolute atomic E-state index is 0.0508. The zero-order valence-electron chi connectivity index (χ0n) is 14.8. The maximum atomic E-state index is 16.6. The number of carbonyl (C=O) groups is 2. The first-order chi connectivity index (χ1) is 11.6. The van der Waals surface area contributed by atoms with Crippen LogP contribution >= 0.6 is 0 Å². The normalized spacial score (nSPS) is 54.6. The van der Waals surface area contributed by atoms with E-state index in [-0.39, 0.29) is 41.8 Å². The number of halogens is 2. The van der Waals surface area contributed by atoms with Crippen LogP contribution in [-0.2, 0) is 9.59 Å². The van der Waals surface area contributed by atoms with Crippen LogP contribution in [0.4, 0.5) is 8.78 Å². The van der Waals surface area contributed by atoms with Gasteiger partial charge in [0.25, 0.3) is 0 Å². The van der Waals surface area contributed by atoms with Crippen LogP contribution in [0.15, 0.2) is 23.8 Å². The number of allylic oxidation sites excluding steroid dienone is 4. The van der Waals surface area contributed by atoms with E-state index in [0.29, 0.717) is 6.42 Å². The van der Waals surface area contributed by atoms with Gasteiger partial charge in [0.05, 0.1) is 6.10 Å². The molecule has 8 atom stereocenters. The minimum atomic E-state index is -2.08. The lowest BCUT2D eigenvalue weighted by Gasteiger charge is -2.61. The Morgan fingerprint density at radius 3 is 2.56 bits per heavy atom. The molecule has 0 spiro atoms. The molecule has 0 aromatic heterocycles. The predicted molar refractivity (Wildman–Crippen MR) is 88.2 cm³/mol. The molecule has 3 saturated carbocycles. The van der Waals surface area contributed by atoms with Crippen molar-refractivity contribution in [3.05, 3.63) is 23.8 Å². The number of aliphatic hydroxyl groups is 1. The molecule has 0 aliphatic heterocycles. The van der Waals surface area contributed by atoms with E-state index in [1.54, 1.807) is 13.8 Å². The lowest BCUT2D eigenvalue weighted by molar-refractivity contribution is -0.196. The topological polar surface area (TPSA) is 54.4 Å². The molecule has 4 aliphatic carbocycles. The molecule has 5 heteroatoms. The lowest BCUT2D eigenvalue weighted by Crippen LogP contribution is -2.68. The van der Waals surface area contributed by atoms with E-state index in [2.05, 4.69) is 0 Å². The molecule has 0 aromatic carbocycles. The summed E-state index contributed by atoms with van der Waals surface area (Å²) in [5, 5.41) is 10.8. The monoisotopic (exact) mass is 350 g/mol. The molecule has 3 fully saturated rings. The molecule has 0 bridgehead atoms. The summed E-state index contributed by atoms with van der Waals surface area (Å²) < 4.78 is 31.6. The highest BCUT2D eigenvalue weighted by Crippen LogP contribution is 2.67. The second-order valence-electron chi connectivity index (χ2n) is 8.86. The number of rotatable bonds is 0. The Morgan fingerprint density at radius 2 is 1.88 bits per heavy atom. The molecule has 0 saturated heterocycles. The van der Waals surface area contributed by atoms with Gasteiger partial charge in [0.2, 0.25) is 0 Å². The fourth-order valence-corrected chi connectivity index (χ4v) is 6.32. The van der Waals surface area contributed by atoms with E-state index >= 15 is 4.39 Å². The zero-order chi connectivity index (χ0) is 18.4. The number of Topliss-reactive ketones (excluding diaryl/α,β-unsaturated/α-hetero) is 1. The summed E-state index contributed by atoms with van der Waals surface area (Å²) >= 11 is 0. The van der Waals surface area contributed by atoms with Crippen LogP contribution in [0.2, 0.25) is 0 Å². The fourth-order valence-electron chi connectivity index (χ4n) is 6.32. The van der Waals surface area contributed by atoms with Crippen molar-refractivity contribution in [1.82, 2.24) is 0 Å². The molecule has 0 radical (unpaired) electrons. The van der Waals surface area contributed by atoms with Gasteiger partial charge in [-0.1, -0.05) is 19.9 Å². The Bertz CT molecular complexity index is 728. The largest absolute Gasteiger partial charge is 0.390 e. The van der Waals surface area contributed by atoms with Crippen molar-refractivity contribution in [3.63, 3.8) is 0 Å². The zero-order valence-corrected chi connectivity index (χ0v) is 14.8. The van der Waals surface area contributed by atoms with Gasteiger partial charge in [-0.15, -0.1) is 0 Å². The van der Waals surface area contributed by atoms with E-state index in [0.717, 1.165) is 0 Å². The smallest absolute Gasteiger partial charge is 0.178 e. The molecule has 0 amide bonds. The number of hydrogen-bond donors (Lipinski definition) is 1. The number of alkyl halides is 2. The van der Waals surface area contributed by atoms with Crippen LogP contribution in [0, 0.1) is 28.6 Å². The van der Waals surface area contributed by atoms with Gasteiger partial charge in [-0.25, -0.2) is 8.78 Å². The molecular weight excluding hydrogens is 326 g/mol. The van der Waals surface area contributed by atoms with Crippen LogP contribution in [0.25, 0.3) is 0 Å². The maximum absolute atomic E-state index is 16.6. The second kappa shape index (κ2) is 4.87. The molecule has 1 N–H and O–H groups in total. The Balaban J connectivity index is 1.88. The van der Waals surface area contributed by atoms with Crippen molar-refractivity contribution in [2.75, 3.05) is 0 Å². The maximum Gasteiger partial charge on any atom is 0.178 e. The average molecular weight is 350 g/mol. The highest BCUT2D eigenvalue weighted by atomic mass is 19.1. The van der Waals surface area contributed by atoms with Gasteiger partial charge in [0, 0.05) is 22.7 Å². The molecule has 5 unspecified atom stereocenters. The van der Waals surface area contributed by atoms with Gasteiger partial charge >= 0.3 is 0 Å². The van der Waals surface area contributed by atoms with Crippen molar-refractivity contribution in [3.8, 4) is 0 Å². The number of ketones is 2. The van der Waals surface area contributed by atoms with Crippen molar-refractivity contribution in [1.29, 1.82) is 0 Å². The molecule has 0 aromatic rings. The third-order valence-corrected chi connectivity index (χ3v) is 7.64. The fraction of sp³-hybridized carbons (Fsp3) is 0.700. The first kappa shape index (κ1) is 17.1. The first-order valence-electron chi connectivity index (χ1n) is 9.06. The van der Waals surface area contributed by atoms with E-state index in [9.17, 15) is 19.1 Å². The number of carbonyl (C=O) groups excluding carboxylic acids is 2. The Kier molecular flexibility index (Phi) is 3.33. The molecule has 136 valence electrons. The summed E-state index contributed by atoms with van der Waals surface area (Å²) in [5.41, 5.74) is -4.12. The van der Waals surface area contributed by atoms with Gasteiger partial charge in [-0.05, 0) is 49.8 Å². The number of hydrogen-bond acceptors (Lipinski definition) is 3. The van der Waals surface area contributed by atoms with Crippen molar-refractivity contribution in [2.45, 2.75) is 58.0 Å². The van der Waals surface area contributed by atoms with Crippen LogP contribution in [0.3, 0.4) is 0 Å². The van der Waals surface area contributed by atoms with E-state index in [1.165, 1.54) is 18.2 Å². The van der Waals surface area contributed by atoms with Crippen molar-refractivity contribution >= 4 is 11.6 Å².